The second kappa shape index (κ2) is 4.84. The minimum atomic E-state index is -1.62. The van der Waals surface area contributed by atoms with E-state index in [1.807, 2.05) is 0 Å². The largest absolute Gasteiger partial charge is 0.464 e. The number of carbonyl (C=O) groups excluding carboxylic acids is 1. The molecule has 6 heteroatoms. The van der Waals surface area contributed by atoms with Crippen LogP contribution in [0, 0.1) is 11.3 Å². The molecule has 15 heavy (non-hydrogen) atoms. The molecule has 0 spiro atoms. The van der Waals surface area contributed by atoms with Crippen molar-refractivity contribution in [2.45, 2.75) is 11.2 Å². The van der Waals surface area contributed by atoms with Gasteiger partial charge in [0.15, 0.2) is 5.82 Å². The average molecular weight is 270 g/mol. The van der Waals surface area contributed by atoms with Gasteiger partial charge in [-0.15, -0.1) is 0 Å². The van der Waals surface area contributed by atoms with Crippen LogP contribution in [0.2, 0.25) is 0 Å². The predicted octanol–water partition coefficient (Wildman–Crippen LogP) is 1.15. The molecule has 1 aromatic rings. The van der Waals surface area contributed by atoms with Crippen molar-refractivity contribution in [1.82, 2.24) is 9.97 Å². The monoisotopic (exact) mass is 269 g/mol. The highest BCUT2D eigenvalue weighted by atomic mass is 79.9. The van der Waals surface area contributed by atoms with Crippen molar-refractivity contribution in [2.24, 2.45) is 0 Å². The van der Waals surface area contributed by atoms with Crippen molar-refractivity contribution in [2.75, 3.05) is 6.61 Å². The van der Waals surface area contributed by atoms with E-state index >= 15 is 0 Å². The number of nitriles is 1. The third-order valence-corrected chi connectivity index (χ3v) is 2.44. The first-order valence-corrected chi connectivity index (χ1v) is 4.99. The lowest BCUT2D eigenvalue weighted by atomic mass is 10.1. The molecule has 0 saturated heterocycles. The van der Waals surface area contributed by atoms with E-state index in [0.29, 0.717) is 0 Å². The molecule has 78 valence electrons. The standard InChI is InChI=1S/C9H8BrN3O2/c1-2-15-8(14)9(10,6-11)7-12-4-3-5-13-7/h3-5H,2H2,1H3. The lowest BCUT2D eigenvalue weighted by Crippen LogP contribution is -2.31. The topological polar surface area (TPSA) is 75.9 Å². The Balaban J connectivity index is 3.07. The zero-order valence-electron chi connectivity index (χ0n) is 7.98. The predicted molar refractivity (Wildman–Crippen MR) is 54.9 cm³/mol. The van der Waals surface area contributed by atoms with E-state index in [1.54, 1.807) is 19.1 Å². The van der Waals surface area contributed by atoms with Crippen LogP contribution >= 0.6 is 15.9 Å². The number of hydrogen-bond acceptors (Lipinski definition) is 5. The number of ether oxygens (including phenoxy) is 1. The fraction of sp³-hybridized carbons (Fsp3) is 0.333. The Morgan fingerprint density at radius 1 is 1.67 bits per heavy atom. The Morgan fingerprint density at radius 3 is 2.73 bits per heavy atom. The zero-order chi connectivity index (χ0) is 11.3. The molecule has 0 saturated carbocycles. The second-order valence-corrected chi connectivity index (χ2v) is 3.75. The summed E-state index contributed by atoms with van der Waals surface area (Å²) in [5.74, 6) is -0.635. The van der Waals surface area contributed by atoms with Crippen molar-refractivity contribution >= 4 is 21.9 Å². The second-order valence-electron chi connectivity index (χ2n) is 2.56. The molecule has 0 aliphatic rings. The number of alkyl halides is 1. The highest BCUT2D eigenvalue weighted by Crippen LogP contribution is 2.28. The lowest BCUT2D eigenvalue weighted by molar-refractivity contribution is -0.144. The van der Waals surface area contributed by atoms with Crippen LogP contribution in [0.4, 0.5) is 0 Å². The fourth-order valence-electron chi connectivity index (χ4n) is 0.894. The van der Waals surface area contributed by atoms with Gasteiger partial charge in [0.1, 0.15) is 6.07 Å². The van der Waals surface area contributed by atoms with E-state index in [2.05, 4.69) is 25.9 Å². The van der Waals surface area contributed by atoms with Gasteiger partial charge in [0.25, 0.3) is 4.32 Å². The van der Waals surface area contributed by atoms with Gasteiger partial charge in [0.2, 0.25) is 0 Å². The summed E-state index contributed by atoms with van der Waals surface area (Å²) >= 11 is 3.00. The summed E-state index contributed by atoms with van der Waals surface area (Å²) in [5.41, 5.74) is 0. The average Bonchev–Trinajstić information content (AvgIpc) is 2.29. The van der Waals surface area contributed by atoms with Crippen molar-refractivity contribution in [3.05, 3.63) is 24.3 Å². The van der Waals surface area contributed by atoms with Crippen LogP contribution in [-0.4, -0.2) is 22.5 Å². The molecular formula is C9H8BrN3O2. The Morgan fingerprint density at radius 2 is 2.27 bits per heavy atom. The molecule has 0 amide bonds. The van der Waals surface area contributed by atoms with Crippen LogP contribution in [0.1, 0.15) is 12.7 Å². The van der Waals surface area contributed by atoms with E-state index in [-0.39, 0.29) is 12.4 Å². The smallest absolute Gasteiger partial charge is 0.345 e. The lowest BCUT2D eigenvalue weighted by Gasteiger charge is -2.15. The normalized spacial score (nSPS) is 13.7. The summed E-state index contributed by atoms with van der Waals surface area (Å²) in [5, 5.41) is 8.96. The quantitative estimate of drug-likeness (QED) is 0.608. The number of aromatic nitrogens is 2. The zero-order valence-corrected chi connectivity index (χ0v) is 9.56. The van der Waals surface area contributed by atoms with E-state index in [4.69, 9.17) is 10.00 Å². The molecule has 1 atom stereocenters. The van der Waals surface area contributed by atoms with Crippen LogP contribution in [0.15, 0.2) is 18.5 Å². The van der Waals surface area contributed by atoms with Gasteiger partial charge in [-0.1, -0.05) is 0 Å². The summed E-state index contributed by atoms with van der Waals surface area (Å²) in [6.45, 7) is 1.86. The summed E-state index contributed by atoms with van der Waals surface area (Å²) in [6.07, 6.45) is 2.91. The summed E-state index contributed by atoms with van der Waals surface area (Å²) in [4.78, 5) is 19.2. The molecule has 0 aliphatic heterocycles. The highest BCUT2D eigenvalue weighted by molar-refractivity contribution is 9.10. The highest BCUT2D eigenvalue weighted by Gasteiger charge is 2.42. The number of hydrogen-bond donors (Lipinski definition) is 0. The van der Waals surface area contributed by atoms with Gasteiger partial charge in [0.05, 0.1) is 6.61 Å². The summed E-state index contributed by atoms with van der Waals surface area (Å²) in [6, 6.07) is 3.39. The van der Waals surface area contributed by atoms with Crippen LogP contribution in [0.5, 0.6) is 0 Å². The number of nitrogens with zero attached hydrogens (tertiary/aromatic N) is 3. The molecule has 1 aromatic heterocycles. The maximum Gasteiger partial charge on any atom is 0.345 e. The molecular weight excluding hydrogens is 262 g/mol. The van der Waals surface area contributed by atoms with Gasteiger partial charge in [-0.05, 0) is 28.9 Å². The maximum absolute atomic E-state index is 11.5. The molecule has 0 N–H and O–H groups in total. The molecule has 0 aromatic carbocycles. The molecule has 1 rings (SSSR count). The van der Waals surface area contributed by atoms with Crippen molar-refractivity contribution in [3.63, 3.8) is 0 Å². The fourth-order valence-corrected chi connectivity index (χ4v) is 1.21. The van der Waals surface area contributed by atoms with E-state index in [0.717, 1.165) is 0 Å². The first-order valence-electron chi connectivity index (χ1n) is 4.20. The first kappa shape index (κ1) is 11.6. The number of halogens is 1. The molecule has 1 unspecified atom stereocenters. The van der Waals surface area contributed by atoms with Crippen molar-refractivity contribution < 1.29 is 9.53 Å². The molecule has 0 bridgehead atoms. The molecule has 0 fully saturated rings. The van der Waals surface area contributed by atoms with E-state index in [9.17, 15) is 4.79 Å². The minimum Gasteiger partial charge on any atom is -0.464 e. The Kier molecular flexibility index (Phi) is 3.74. The Hall–Kier alpha value is -1.48. The van der Waals surface area contributed by atoms with Gasteiger partial charge < -0.3 is 4.74 Å². The van der Waals surface area contributed by atoms with Gasteiger partial charge in [0, 0.05) is 12.4 Å². The Bertz CT molecular complexity index is 390. The summed E-state index contributed by atoms with van der Waals surface area (Å²) < 4.78 is 3.14. The third kappa shape index (κ3) is 2.30. The molecule has 5 nitrogen and oxygen atoms in total. The van der Waals surface area contributed by atoms with Gasteiger partial charge in [-0.25, -0.2) is 14.8 Å². The van der Waals surface area contributed by atoms with Gasteiger partial charge >= 0.3 is 5.97 Å². The SMILES string of the molecule is CCOC(=O)C(Br)(C#N)c1ncccn1. The molecule has 0 aliphatic carbocycles. The maximum atomic E-state index is 11.5. The van der Waals surface area contributed by atoms with Gasteiger partial charge in [-0.3, -0.25) is 0 Å². The van der Waals surface area contributed by atoms with Crippen molar-refractivity contribution in [1.29, 1.82) is 5.26 Å². The van der Waals surface area contributed by atoms with Crippen LogP contribution in [-0.2, 0) is 13.9 Å². The third-order valence-electron chi connectivity index (χ3n) is 1.58. The van der Waals surface area contributed by atoms with Crippen molar-refractivity contribution in [3.8, 4) is 6.07 Å². The number of esters is 1. The Labute approximate surface area is 95.2 Å². The number of rotatable bonds is 3. The first-order chi connectivity index (χ1) is 7.15. The van der Waals surface area contributed by atoms with Crippen LogP contribution in [0.25, 0.3) is 0 Å². The number of carbonyl (C=O) groups is 1. The summed E-state index contributed by atoms with van der Waals surface area (Å²) in [7, 11) is 0. The van der Waals surface area contributed by atoms with Crippen LogP contribution < -0.4 is 0 Å². The van der Waals surface area contributed by atoms with E-state index in [1.165, 1.54) is 12.4 Å². The van der Waals surface area contributed by atoms with Gasteiger partial charge in [-0.2, -0.15) is 5.26 Å². The van der Waals surface area contributed by atoms with E-state index < -0.39 is 10.3 Å². The minimum absolute atomic E-state index is 0.0750. The molecule has 1 heterocycles. The molecule has 0 radical (unpaired) electrons. The van der Waals surface area contributed by atoms with Crippen LogP contribution in [0.3, 0.4) is 0 Å².